The number of nitrogens with zero attached hydrogens (tertiary/aromatic N) is 1. The fraction of sp³-hybridized carbons (Fsp3) is 0.529. The van der Waals surface area contributed by atoms with Gasteiger partial charge in [0.2, 0.25) is 5.91 Å². The first-order chi connectivity index (χ1) is 11.0. The maximum absolute atomic E-state index is 13.2. The van der Waals surface area contributed by atoms with Crippen molar-refractivity contribution in [3.63, 3.8) is 0 Å². The van der Waals surface area contributed by atoms with Crippen LogP contribution < -0.4 is 0 Å². The number of hydrogen-bond donors (Lipinski definition) is 0. The van der Waals surface area contributed by atoms with Gasteiger partial charge in [0.1, 0.15) is 11.6 Å². The molecule has 1 aliphatic heterocycles. The van der Waals surface area contributed by atoms with E-state index in [2.05, 4.69) is 0 Å². The van der Waals surface area contributed by atoms with E-state index in [0.29, 0.717) is 18.7 Å². The summed E-state index contributed by atoms with van der Waals surface area (Å²) in [6.07, 6.45) is 2.64. The summed E-state index contributed by atoms with van der Waals surface area (Å²) in [6.45, 7) is 2.60. The zero-order valence-corrected chi connectivity index (χ0v) is 13.2. The Morgan fingerprint density at radius 1 is 1.22 bits per heavy atom. The first kappa shape index (κ1) is 17.4. The standard InChI is InChI=1S/C17H21F2NO3/c1-2-23-17(22)11-15-5-3-4-6-20(15)16(21)9-12-7-13(18)10-14(19)8-12/h7-8,10,15H,2-6,9,11H2,1H3. The lowest BCUT2D eigenvalue weighted by molar-refractivity contribution is -0.146. The van der Waals surface area contributed by atoms with Gasteiger partial charge < -0.3 is 9.64 Å². The van der Waals surface area contributed by atoms with E-state index in [1.807, 2.05) is 0 Å². The number of carbonyl (C=O) groups is 2. The van der Waals surface area contributed by atoms with Crippen molar-refractivity contribution < 1.29 is 23.1 Å². The number of piperidine rings is 1. The second-order valence-corrected chi connectivity index (χ2v) is 5.70. The van der Waals surface area contributed by atoms with Gasteiger partial charge in [-0.3, -0.25) is 9.59 Å². The van der Waals surface area contributed by atoms with E-state index in [0.717, 1.165) is 37.5 Å². The van der Waals surface area contributed by atoms with E-state index in [1.165, 1.54) is 0 Å². The molecule has 1 fully saturated rings. The van der Waals surface area contributed by atoms with Gasteiger partial charge in [0.25, 0.3) is 0 Å². The predicted octanol–water partition coefficient (Wildman–Crippen LogP) is 2.84. The van der Waals surface area contributed by atoms with Crippen LogP contribution in [-0.2, 0) is 20.7 Å². The Bertz CT molecular complexity index is 557. The molecule has 1 amide bonds. The molecule has 0 spiro atoms. The third-order valence-corrected chi connectivity index (χ3v) is 3.93. The molecule has 126 valence electrons. The first-order valence-corrected chi connectivity index (χ1v) is 7.89. The molecule has 2 rings (SSSR count). The van der Waals surface area contributed by atoms with Gasteiger partial charge in [0.05, 0.1) is 19.4 Å². The van der Waals surface area contributed by atoms with Crippen LogP contribution in [0.3, 0.4) is 0 Å². The second kappa shape index (κ2) is 8.04. The van der Waals surface area contributed by atoms with Crippen molar-refractivity contribution in [2.75, 3.05) is 13.2 Å². The van der Waals surface area contributed by atoms with Crippen LogP contribution in [0.4, 0.5) is 8.78 Å². The summed E-state index contributed by atoms with van der Waals surface area (Å²) in [5, 5.41) is 0. The zero-order chi connectivity index (χ0) is 16.8. The lowest BCUT2D eigenvalue weighted by atomic mass is 9.98. The Morgan fingerprint density at radius 3 is 2.57 bits per heavy atom. The highest BCUT2D eigenvalue weighted by atomic mass is 19.1. The van der Waals surface area contributed by atoms with Crippen LogP contribution in [0.5, 0.6) is 0 Å². The molecule has 4 nitrogen and oxygen atoms in total. The minimum Gasteiger partial charge on any atom is -0.466 e. The Kier molecular flexibility index (Phi) is 6.07. The minimum absolute atomic E-state index is 0.0754. The highest BCUT2D eigenvalue weighted by Crippen LogP contribution is 2.21. The quantitative estimate of drug-likeness (QED) is 0.782. The van der Waals surface area contributed by atoms with Crippen LogP contribution in [0.25, 0.3) is 0 Å². The third-order valence-electron chi connectivity index (χ3n) is 3.93. The number of amides is 1. The van der Waals surface area contributed by atoms with Crippen LogP contribution in [-0.4, -0.2) is 36.0 Å². The summed E-state index contributed by atoms with van der Waals surface area (Å²) in [5.41, 5.74) is 0.299. The number of carbonyl (C=O) groups excluding carboxylic acids is 2. The van der Waals surface area contributed by atoms with Crippen LogP contribution in [0, 0.1) is 11.6 Å². The molecule has 1 atom stereocenters. The molecule has 23 heavy (non-hydrogen) atoms. The molecule has 6 heteroatoms. The molecule has 0 radical (unpaired) electrons. The van der Waals surface area contributed by atoms with E-state index < -0.39 is 11.6 Å². The number of rotatable bonds is 5. The molecule has 1 aromatic carbocycles. The van der Waals surface area contributed by atoms with E-state index in [9.17, 15) is 18.4 Å². The molecule has 0 aliphatic carbocycles. The van der Waals surface area contributed by atoms with Crippen molar-refractivity contribution in [1.29, 1.82) is 0 Å². The van der Waals surface area contributed by atoms with Crippen molar-refractivity contribution in [1.82, 2.24) is 4.90 Å². The average molecular weight is 325 g/mol. The number of esters is 1. The van der Waals surface area contributed by atoms with Gasteiger partial charge in [-0.1, -0.05) is 0 Å². The number of halogens is 2. The number of benzene rings is 1. The summed E-state index contributed by atoms with van der Waals surface area (Å²) in [7, 11) is 0. The molecule has 1 aliphatic rings. The van der Waals surface area contributed by atoms with E-state index >= 15 is 0 Å². The molecular formula is C17H21F2NO3. The average Bonchev–Trinajstić information content (AvgIpc) is 2.46. The largest absolute Gasteiger partial charge is 0.466 e. The Morgan fingerprint density at radius 2 is 1.91 bits per heavy atom. The van der Waals surface area contributed by atoms with Crippen molar-refractivity contribution in [3.8, 4) is 0 Å². The normalized spacial score (nSPS) is 17.9. The van der Waals surface area contributed by atoms with Gasteiger partial charge in [0, 0.05) is 18.7 Å². The molecule has 0 bridgehead atoms. The molecule has 1 heterocycles. The first-order valence-electron chi connectivity index (χ1n) is 7.89. The van der Waals surface area contributed by atoms with Gasteiger partial charge in [-0.15, -0.1) is 0 Å². The molecule has 0 aromatic heterocycles. The fourth-order valence-corrected chi connectivity index (χ4v) is 2.94. The Labute approximate surface area is 134 Å². The second-order valence-electron chi connectivity index (χ2n) is 5.70. The van der Waals surface area contributed by atoms with Crippen LogP contribution >= 0.6 is 0 Å². The Balaban J connectivity index is 2.04. The molecule has 1 unspecified atom stereocenters. The predicted molar refractivity (Wildman–Crippen MR) is 80.7 cm³/mol. The minimum atomic E-state index is -0.700. The van der Waals surface area contributed by atoms with E-state index in [1.54, 1.807) is 11.8 Å². The van der Waals surface area contributed by atoms with E-state index in [4.69, 9.17) is 4.74 Å². The topological polar surface area (TPSA) is 46.6 Å². The molecular weight excluding hydrogens is 304 g/mol. The summed E-state index contributed by atoms with van der Waals surface area (Å²) >= 11 is 0. The van der Waals surface area contributed by atoms with Gasteiger partial charge in [0.15, 0.2) is 0 Å². The number of ether oxygens (including phenoxy) is 1. The molecule has 0 N–H and O–H groups in total. The highest BCUT2D eigenvalue weighted by molar-refractivity contribution is 5.80. The Hall–Kier alpha value is -1.98. The summed E-state index contributed by atoms with van der Waals surface area (Å²) in [6, 6.07) is 2.89. The van der Waals surface area contributed by atoms with Gasteiger partial charge in [-0.05, 0) is 43.9 Å². The monoisotopic (exact) mass is 325 g/mol. The van der Waals surface area contributed by atoms with Crippen molar-refractivity contribution >= 4 is 11.9 Å². The number of likely N-dealkylation sites (tertiary alicyclic amines) is 1. The van der Waals surface area contributed by atoms with Crippen molar-refractivity contribution in [2.45, 2.75) is 45.1 Å². The van der Waals surface area contributed by atoms with Crippen LogP contribution in [0.2, 0.25) is 0 Å². The van der Waals surface area contributed by atoms with Gasteiger partial charge in [-0.2, -0.15) is 0 Å². The zero-order valence-electron chi connectivity index (χ0n) is 13.2. The van der Waals surface area contributed by atoms with E-state index in [-0.39, 0.29) is 30.8 Å². The van der Waals surface area contributed by atoms with Crippen molar-refractivity contribution in [2.24, 2.45) is 0 Å². The fourth-order valence-electron chi connectivity index (χ4n) is 2.94. The van der Waals surface area contributed by atoms with Gasteiger partial charge >= 0.3 is 5.97 Å². The smallest absolute Gasteiger partial charge is 0.307 e. The SMILES string of the molecule is CCOC(=O)CC1CCCCN1C(=O)Cc1cc(F)cc(F)c1. The number of hydrogen-bond acceptors (Lipinski definition) is 3. The van der Waals surface area contributed by atoms with Crippen LogP contribution in [0.1, 0.15) is 38.2 Å². The maximum Gasteiger partial charge on any atom is 0.307 e. The third kappa shape index (κ3) is 5.01. The molecule has 1 aromatic rings. The summed E-state index contributed by atoms with van der Waals surface area (Å²) in [5.74, 6) is -1.94. The maximum atomic E-state index is 13.2. The molecule has 0 saturated carbocycles. The summed E-state index contributed by atoms with van der Waals surface area (Å²) < 4.78 is 31.4. The van der Waals surface area contributed by atoms with Gasteiger partial charge in [-0.25, -0.2) is 8.78 Å². The lowest BCUT2D eigenvalue weighted by Gasteiger charge is -2.35. The van der Waals surface area contributed by atoms with Crippen LogP contribution in [0.15, 0.2) is 18.2 Å². The van der Waals surface area contributed by atoms with Crippen molar-refractivity contribution in [3.05, 3.63) is 35.4 Å². The summed E-state index contributed by atoms with van der Waals surface area (Å²) in [4.78, 5) is 25.8. The highest BCUT2D eigenvalue weighted by Gasteiger charge is 2.29. The lowest BCUT2D eigenvalue weighted by Crippen LogP contribution is -2.45. The molecule has 1 saturated heterocycles.